The van der Waals surface area contributed by atoms with Gasteiger partial charge in [0.1, 0.15) is 24.1 Å². The van der Waals surface area contributed by atoms with Crippen LogP contribution in [0.5, 0.6) is 11.5 Å². The zero-order chi connectivity index (χ0) is 20.8. The van der Waals surface area contributed by atoms with Crippen molar-refractivity contribution in [3.05, 3.63) is 94.5 Å². The van der Waals surface area contributed by atoms with Crippen molar-refractivity contribution < 1.29 is 28.7 Å². The summed E-state index contributed by atoms with van der Waals surface area (Å²) in [6.45, 7) is 1.77. The lowest BCUT2D eigenvalue weighted by atomic mass is 10.1. The fourth-order valence-electron chi connectivity index (χ4n) is 2.56. The third kappa shape index (κ3) is 5.01. The van der Waals surface area contributed by atoms with Crippen molar-refractivity contribution in [3.8, 4) is 11.5 Å². The van der Waals surface area contributed by atoms with Gasteiger partial charge in [-0.15, -0.1) is 0 Å². The lowest BCUT2D eigenvalue weighted by Crippen LogP contribution is -2.10. The Kier molecular flexibility index (Phi) is 5.94. The summed E-state index contributed by atoms with van der Waals surface area (Å²) in [7, 11) is 0. The topological polar surface area (TPSA) is 86.7 Å². The first kappa shape index (κ1) is 19.7. The Morgan fingerprint density at radius 2 is 1.03 bits per heavy atom. The Morgan fingerprint density at radius 1 is 0.655 bits per heavy atom. The normalized spacial score (nSPS) is 10.1. The molecule has 6 heteroatoms. The van der Waals surface area contributed by atoms with E-state index in [-0.39, 0.29) is 22.6 Å². The van der Waals surface area contributed by atoms with E-state index in [1.165, 1.54) is 54.6 Å². The number of benzene rings is 3. The van der Waals surface area contributed by atoms with Gasteiger partial charge >= 0.3 is 11.9 Å². The Labute approximate surface area is 166 Å². The Balaban J connectivity index is 1.74. The van der Waals surface area contributed by atoms with Gasteiger partial charge in [-0.3, -0.25) is 9.59 Å². The SMILES string of the molecule is Cc1cc(OC(=O)c2ccc(C=O)cc2)cc(OC(=O)c2ccc(C=O)cc2)c1. The van der Waals surface area contributed by atoms with Crippen LogP contribution in [-0.4, -0.2) is 24.5 Å². The summed E-state index contributed by atoms with van der Waals surface area (Å²) in [6, 6.07) is 16.7. The summed E-state index contributed by atoms with van der Waals surface area (Å²) in [5.74, 6) is -0.772. The molecular formula is C23H16O6. The van der Waals surface area contributed by atoms with Gasteiger partial charge in [0.05, 0.1) is 11.1 Å². The number of rotatable bonds is 6. The quantitative estimate of drug-likeness (QED) is 0.360. The average molecular weight is 388 g/mol. The lowest BCUT2D eigenvalue weighted by molar-refractivity contribution is 0.0731. The summed E-state index contributed by atoms with van der Waals surface area (Å²) in [6.07, 6.45) is 1.37. The smallest absolute Gasteiger partial charge is 0.343 e. The largest absolute Gasteiger partial charge is 0.423 e. The molecule has 0 aliphatic heterocycles. The predicted octanol–water partition coefficient (Wildman–Crippen LogP) is 4.06. The van der Waals surface area contributed by atoms with Gasteiger partial charge in [-0.2, -0.15) is 0 Å². The van der Waals surface area contributed by atoms with Crippen LogP contribution >= 0.6 is 0 Å². The van der Waals surface area contributed by atoms with Gasteiger partial charge in [-0.05, 0) is 48.9 Å². The molecular weight excluding hydrogens is 372 g/mol. The molecule has 0 atom stereocenters. The van der Waals surface area contributed by atoms with Crippen LogP contribution in [0.15, 0.2) is 66.7 Å². The number of aryl methyl sites for hydroxylation is 1. The summed E-state index contributed by atoms with van der Waals surface area (Å²) < 4.78 is 10.7. The lowest BCUT2D eigenvalue weighted by Gasteiger charge is -2.09. The van der Waals surface area contributed by atoms with Gasteiger partial charge in [0.15, 0.2) is 0 Å². The number of ether oxygens (including phenoxy) is 2. The van der Waals surface area contributed by atoms with Crippen molar-refractivity contribution >= 4 is 24.5 Å². The van der Waals surface area contributed by atoms with Crippen molar-refractivity contribution in [1.82, 2.24) is 0 Å². The molecule has 0 fully saturated rings. The first-order valence-electron chi connectivity index (χ1n) is 8.65. The predicted molar refractivity (Wildman–Crippen MR) is 105 cm³/mol. The van der Waals surface area contributed by atoms with Crippen molar-refractivity contribution in [2.45, 2.75) is 6.92 Å². The minimum absolute atomic E-state index is 0.216. The number of carbonyl (C=O) groups is 4. The molecule has 3 aromatic rings. The van der Waals surface area contributed by atoms with Gasteiger partial charge in [0, 0.05) is 17.2 Å². The molecule has 0 heterocycles. The van der Waals surface area contributed by atoms with E-state index in [4.69, 9.17) is 9.47 Å². The Hall–Kier alpha value is -4.06. The van der Waals surface area contributed by atoms with Gasteiger partial charge in [-0.25, -0.2) is 9.59 Å². The Morgan fingerprint density at radius 3 is 1.38 bits per heavy atom. The molecule has 0 N–H and O–H groups in total. The maximum atomic E-state index is 12.3. The maximum absolute atomic E-state index is 12.3. The summed E-state index contributed by atoms with van der Waals surface area (Å²) in [5.41, 5.74) is 2.20. The minimum atomic E-state index is -0.602. The highest BCUT2D eigenvalue weighted by Crippen LogP contribution is 2.24. The van der Waals surface area contributed by atoms with Crippen LogP contribution in [0.1, 0.15) is 47.0 Å². The monoisotopic (exact) mass is 388 g/mol. The summed E-state index contributed by atoms with van der Waals surface area (Å²) in [5, 5.41) is 0. The minimum Gasteiger partial charge on any atom is -0.423 e. The van der Waals surface area contributed by atoms with E-state index < -0.39 is 11.9 Å². The highest BCUT2D eigenvalue weighted by molar-refractivity contribution is 5.93. The van der Waals surface area contributed by atoms with E-state index >= 15 is 0 Å². The van der Waals surface area contributed by atoms with Gasteiger partial charge in [-0.1, -0.05) is 24.3 Å². The van der Waals surface area contributed by atoms with Crippen LogP contribution in [0.3, 0.4) is 0 Å². The third-order valence-corrected chi connectivity index (χ3v) is 4.01. The third-order valence-electron chi connectivity index (χ3n) is 4.01. The van der Waals surface area contributed by atoms with E-state index in [0.29, 0.717) is 23.7 Å². The van der Waals surface area contributed by atoms with E-state index in [0.717, 1.165) is 5.56 Å². The highest BCUT2D eigenvalue weighted by atomic mass is 16.5. The van der Waals surface area contributed by atoms with E-state index in [9.17, 15) is 19.2 Å². The number of aldehydes is 2. The second-order valence-corrected chi connectivity index (χ2v) is 6.24. The first-order chi connectivity index (χ1) is 14.0. The van der Waals surface area contributed by atoms with Crippen LogP contribution in [0.2, 0.25) is 0 Å². The van der Waals surface area contributed by atoms with Crippen molar-refractivity contribution in [2.75, 3.05) is 0 Å². The Bertz CT molecular complexity index is 982. The highest BCUT2D eigenvalue weighted by Gasteiger charge is 2.13. The molecule has 0 aliphatic rings. The maximum Gasteiger partial charge on any atom is 0.343 e. The summed E-state index contributed by atoms with van der Waals surface area (Å²) >= 11 is 0. The molecule has 0 amide bonds. The second-order valence-electron chi connectivity index (χ2n) is 6.24. The van der Waals surface area contributed by atoms with Crippen molar-refractivity contribution in [1.29, 1.82) is 0 Å². The molecule has 0 radical (unpaired) electrons. The average Bonchev–Trinajstić information content (AvgIpc) is 2.73. The van der Waals surface area contributed by atoms with Gasteiger partial charge in [0.2, 0.25) is 0 Å². The molecule has 0 aromatic heterocycles. The first-order valence-corrected chi connectivity index (χ1v) is 8.65. The molecule has 0 saturated carbocycles. The number of hydrogen-bond donors (Lipinski definition) is 0. The molecule has 3 aromatic carbocycles. The number of esters is 2. The van der Waals surface area contributed by atoms with E-state index in [2.05, 4.69) is 0 Å². The number of hydrogen-bond acceptors (Lipinski definition) is 6. The van der Waals surface area contributed by atoms with Crippen molar-refractivity contribution in [2.24, 2.45) is 0 Å². The molecule has 0 aliphatic carbocycles. The van der Waals surface area contributed by atoms with Crippen LogP contribution in [0, 0.1) is 6.92 Å². The van der Waals surface area contributed by atoms with Crippen LogP contribution in [0.4, 0.5) is 0 Å². The van der Waals surface area contributed by atoms with E-state index in [1.807, 2.05) is 0 Å². The fraction of sp³-hybridized carbons (Fsp3) is 0.0435. The zero-order valence-electron chi connectivity index (χ0n) is 15.5. The zero-order valence-corrected chi connectivity index (χ0v) is 15.5. The molecule has 0 spiro atoms. The molecule has 6 nitrogen and oxygen atoms in total. The van der Waals surface area contributed by atoms with E-state index in [1.54, 1.807) is 19.1 Å². The molecule has 29 heavy (non-hydrogen) atoms. The van der Waals surface area contributed by atoms with Crippen LogP contribution in [0.25, 0.3) is 0 Å². The summed E-state index contributed by atoms with van der Waals surface area (Å²) in [4.78, 5) is 46.0. The molecule has 144 valence electrons. The van der Waals surface area contributed by atoms with Crippen molar-refractivity contribution in [3.63, 3.8) is 0 Å². The molecule has 0 bridgehead atoms. The van der Waals surface area contributed by atoms with Gasteiger partial charge in [0.25, 0.3) is 0 Å². The second kappa shape index (κ2) is 8.75. The van der Waals surface area contributed by atoms with Gasteiger partial charge < -0.3 is 9.47 Å². The van der Waals surface area contributed by atoms with Crippen LogP contribution < -0.4 is 9.47 Å². The molecule has 3 rings (SSSR count). The van der Waals surface area contributed by atoms with Crippen LogP contribution in [-0.2, 0) is 0 Å². The standard InChI is InChI=1S/C23H16O6/c1-15-10-20(28-22(26)18-6-2-16(13-24)3-7-18)12-21(11-15)29-23(27)19-8-4-17(14-25)5-9-19/h2-14H,1H3. The fourth-order valence-corrected chi connectivity index (χ4v) is 2.56. The number of carbonyl (C=O) groups excluding carboxylic acids is 4. The molecule has 0 saturated heterocycles. The molecule has 0 unspecified atom stereocenters.